The maximum Gasteiger partial charge on any atom is 0.190 e. The fourth-order valence-corrected chi connectivity index (χ4v) is 2.01. The highest BCUT2D eigenvalue weighted by atomic mass is 35.5. The third-order valence-corrected chi connectivity index (χ3v) is 2.97. The Morgan fingerprint density at radius 3 is 2.57 bits per heavy atom. The third-order valence-electron chi connectivity index (χ3n) is 1.88. The minimum absolute atomic E-state index is 0.201. The van der Waals surface area contributed by atoms with Crippen molar-refractivity contribution in [2.24, 2.45) is 0 Å². The van der Waals surface area contributed by atoms with E-state index >= 15 is 0 Å². The van der Waals surface area contributed by atoms with Gasteiger partial charge in [0.1, 0.15) is 0 Å². The van der Waals surface area contributed by atoms with Crippen molar-refractivity contribution >= 4 is 45.7 Å². The van der Waals surface area contributed by atoms with Crippen molar-refractivity contribution in [2.75, 3.05) is 0 Å². The second kappa shape index (κ2) is 3.46. The van der Waals surface area contributed by atoms with E-state index in [-0.39, 0.29) is 15.5 Å². The summed E-state index contributed by atoms with van der Waals surface area (Å²) in [6.07, 6.45) is 1.51. The van der Waals surface area contributed by atoms with Gasteiger partial charge in [0, 0.05) is 12.3 Å². The minimum Gasteiger partial charge on any atom is -0.360 e. The average molecular weight is 248 g/mol. The summed E-state index contributed by atoms with van der Waals surface area (Å²) in [6, 6.07) is 2.88. The third kappa shape index (κ3) is 1.40. The smallest absolute Gasteiger partial charge is 0.190 e. The largest absolute Gasteiger partial charge is 0.360 e. The summed E-state index contributed by atoms with van der Waals surface area (Å²) in [4.78, 5) is 14.3. The van der Waals surface area contributed by atoms with Crippen molar-refractivity contribution < 1.29 is 0 Å². The molecule has 1 N–H and O–H groups in total. The van der Waals surface area contributed by atoms with Gasteiger partial charge in [-0.15, -0.1) is 0 Å². The summed E-state index contributed by atoms with van der Waals surface area (Å²) in [7, 11) is 0. The SMILES string of the molecule is O=c1cc[nH]c2c(Cl)cc(Cl)c(Cl)c12. The van der Waals surface area contributed by atoms with Crippen LogP contribution in [0.2, 0.25) is 15.1 Å². The first kappa shape index (κ1) is 9.84. The molecule has 2 nitrogen and oxygen atoms in total. The van der Waals surface area contributed by atoms with Crippen LogP contribution in [-0.4, -0.2) is 4.98 Å². The molecule has 0 unspecified atom stereocenters. The van der Waals surface area contributed by atoms with E-state index in [4.69, 9.17) is 34.8 Å². The number of benzene rings is 1. The predicted molar refractivity (Wildman–Crippen MR) is 59.6 cm³/mol. The second-order valence-electron chi connectivity index (χ2n) is 2.75. The van der Waals surface area contributed by atoms with Crippen LogP contribution in [-0.2, 0) is 0 Å². The summed E-state index contributed by atoms with van der Waals surface area (Å²) in [5.74, 6) is 0. The molecule has 0 radical (unpaired) electrons. The fourth-order valence-electron chi connectivity index (χ4n) is 1.25. The average Bonchev–Trinajstić information content (AvgIpc) is 2.14. The normalized spacial score (nSPS) is 10.8. The van der Waals surface area contributed by atoms with Crippen LogP contribution in [0.3, 0.4) is 0 Å². The van der Waals surface area contributed by atoms with Gasteiger partial charge in [-0.3, -0.25) is 4.79 Å². The highest BCUT2D eigenvalue weighted by molar-refractivity contribution is 6.47. The van der Waals surface area contributed by atoms with E-state index in [1.54, 1.807) is 0 Å². The lowest BCUT2D eigenvalue weighted by Crippen LogP contribution is -2.01. The summed E-state index contributed by atoms with van der Waals surface area (Å²) in [6.45, 7) is 0. The van der Waals surface area contributed by atoms with Crippen LogP contribution < -0.4 is 5.43 Å². The predicted octanol–water partition coefficient (Wildman–Crippen LogP) is 3.49. The van der Waals surface area contributed by atoms with Crippen LogP contribution in [0.5, 0.6) is 0 Å². The van der Waals surface area contributed by atoms with E-state index in [2.05, 4.69) is 4.98 Å². The Bertz CT molecular complexity index is 562. The zero-order valence-corrected chi connectivity index (χ0v) is 9.04. The molecule has 0 saturated heterocycles. The first-order valence-electron chi connectivity index (χ1n) is 3.76. The molecular weight excluding hydrogens is 244 g/mol. The number of rotatable bonds is 0. The number of H-pyrrole nitrogens is 1. The van der Waals surface area contributed by atoms with Crippen LogP contribution in [0, 0.1) is 0 Å². The molecule has 72 valence electrons. The van der Waals surface area contributed by atoms with Crippen molar-refractivity contribution in [3.05, 3.63) is 43.6 Å². The number of hydrogen-bond acceptors (Lipinski definition) is 1. The van der Waals surface area contributed by atoms with Gasteiger partial charge in [0.2, 0.25) is 0 Å². The molecule has 5 heteroatoms. The molecular formula is C9H4Cl3NO. The first-order chi connectivity index (χ1) is 6.61. The molecule has 0 bridgehead atoms. The summed E-state index contributed by atoms with van der Waals surface area (Å²) < 4.78 is 0. The minimum atomic E-state index is -0.201. The Hall–Kier alpha value is -0.700. The monoisotopic (exact) mass is 247 g/mol. The Kier molecular flexibility index (Phi) is 2.43. The molecule has 0 aliphatic carbocycles. The van der Waals surface area contributed by atoms with Crippen LogP contribution in [0.1, 0.15) is 0 Å². The molecule has 0 spiro atoms. The first-order valence-corrected chi connectivity index (χ1v) is 4.89. The highest BCUT2D eigenvalue weighted by Gasteiger charge is 2.10. The number of aromatic nitrogens is 1. The van der Waals surface area contributed by atoms with E-state index in [9.17, 15) is 4.79 Å². The fraction of sp³-hybridized carbons (Fsp3) is 0. The number of pyridine rings is 1. The van der Waals surface area contributed by atoms with E-state index in [1.807, 2.05) is 0 Å². The summed E-state index contributed by atoms with van der Waals surface area (Å²) >= 11 is 17.6. The number of halogens is 3. The topological polar surface area (TPSA) is 32.9 Å². The van der Waals surface area contributed by atoms with Crippen molar-refractivity contribution in [1.29, 1.82) is 0 Å². The lowest BCUT2D eigenvalue weighted by Gasteiger charge is -2.03. The van der Waals surface area contributed by atoms with Gasteiger partial charge in [-0.05, 0) is 6.07 Å². The van der Waals surface area contributed by atoms with Crippen LogP contribution in [0.4, 0.5) is 0 Å². The number of hydrogen-bond donors (Lipinski definition) is 1. The molecule has 1 aromatic carbocycles. The number of aromatic amines is 1. The Morgan fingerprint density at radius 1 is 1.14 bits per heavy atom. The molecule has 0 aliphatic rings. The van der Waals surface area contributed by atoms with E-state index in [0.29, 0.717) is 15.9 Å². The molecule has 14 heavy (non-hydrogen) atoms. The van der Waals surface area contributed by atoms with Crippen molar-refractivity contribution in [3.63, 3.8) is 0 Å². The van der Waals surface area contributed by atoms with E-state index in [1.165, 1.54) is 18.3 Å². The van der Waals surface area contributed by atoms with Gasteiger partial charge in [-0.2, -0.15) is 0 Å². The van der Waals surface area contributed by atoms with E-state index in [0.717, 1.165) is 0 Å². The lowest BCUT2D eigenvalue weighted by molar-refractivity contribution is 1.39. The number of nitrogens with one attached hydrogen (secondary N) is 1. The van der Waals surface area contributed by atoms with Gasteiger partial charge < -0.3 is 4.98 Å². The van der Waals surface area contributed by atoms with Gasteiger partial charge in [-0.25, -0.2) is 0 Å². The van der Waals surface area contributed by atoms with Gasteiger partial charge in [-0.1, -0.05) is 34.8 Å². The summed E-state index contributed by atoms with van der Waals surface area (Å²) in [5.41, 5.74) is 0.307. The van der Waals surface area contributed by atoms with Crippen molar-refractivity contribution in [1.82, 2.24) is 4.98 Å². The van der Waals surface area contributed by atoms with Crippen molar-refractivity contribution in [2.45, 2.75) is 0 Å². The molecule has 1 aromatic heterocycles. The van der Waals surface area contributed by atoms with Gasteiger partial charge in [0.25, 0.3) is 0 Å². The second-order valence-corrected chi connectivity index (χ2v) is 3.94. The Labute approximate surface area is 94.4 Å². The quantitative estimate of drug-likeness (QED) is 0.711. The Morgan fingerprint density at radius 2 is 1.86 bits per heavy atom. The zero-order valence-electron chi connectivity index (χ0n) is 6.77. The zero-order chi connectivity index (χ0) is 10.3. The van der Waals surface area contributed by atoms with Crippen molar-refractivity contribution in [3.8, 4) is 0 Å². The maximum absolute atomic E-state index is 11.5. The molecule has 0 fully saturated rings. The molecule has 1 heterocycles. The van der Waals surface area contributed by atoms with Crippen LogP contribution >= 0.6 is 34.8 Å². The molecule has 0 amide bonds. The van der Waals surface area contributed by atoms with Gasteiger partial charge >= 0.3 is 0 Å². The molecule has 0 atom stereocenters. The number of fused-ring (bicyclic) bond motifs is 1. The van der Waals surface area contributed by atoms with Crippen LogP contribution in [0.25, 0.3) is 10.9 Å². The highest BCUT2D eigenvalue weighted by Crippen LogP contribution is 2.32. The lowest BCUT2D eigenvalue weighted by atomic mass is 10.2. The molecule has 0 saturated carbocycles. The molecule has 0 aliphatic heterocycles. The van der Waals surface area contributed by atoms with Gasteiger partial charge in [0.15, 0.2) is 5.43 Å². The molecule has 2 rings (SSSR count). The molecule has 2 aromatic rings. The van der Waals surface area contributed by atoms with E-state index < -0.39 is 0 Å². The standard InChI is InChI=1S/C9H4Cl3NO/c10-4-3-5(11)9-7(8(4)12)6(14)1-2-13-9/h1-3H,(H,13,14). The Balaban J connectivity index is 3.11. The van der Waals surface area contributed by atoms with Crippen LogP contribution in [0.15, 0.2) is 23.1 Å². The maximum atomic E-state index is 11.5. The summed E-state index contributed by atoms with van der Waals surface area (Å²) in [5, 5.41) is 1.22. The van der Waals surface area contributed by atoms with Gasteiger partial charge in [0.05, 0.1) is 26.0 Å².